The minimum absolute atomic E-state index is 0.0909. The summed E-state index contributed by atoms with van der Waals surface area (Å²) in [6.45, 7) is 0.625. The van der Waals surface area contributed by atoms with Crippen molar-refractivity contribution in [3.63, 3.8) is 0 Å². The highest BCUT2D eigenvalue weighted by Crippen LogP contribution is 2.43. The third-order valence-corrected chi connectivity index (χ3v) is 6.43. The fraction of sp³-hybridized carbons (Fsp3) is 0.261. The van der Waals surface area contributed by atoms with E-state index in [2.05, 4.69) is 37.3 Å². The van der Waals surface area contributed by atoms with Crippen molar-refractivity contribution >= 4 is 11.5 Å². The monoisotopic (exact) mass is 442 g/mol. The molecule has 0 spiro atoms. The number of nitrogens with one attached hydrogen (secondary N) is 1. The first-order chi connectivity index (χ1) is 16.3. The van der Waals surface area contributed by atoms with E-state index in [9.17, 15) is 4.39 Å². The maximum atomic E-state index is 14.2. The fourth-order valence-corrected chi connectivity index (χ4v) is 4.70. The van der Waals surface area contributed by atoms with E-state index >= 15 is 0 Å². The summed E-state index contributed by atoms with van der Waals surface area (Å²) in [5.74, 6) is 0.0492. The minimum Gasteiger partial charge on any atom is -0.403 e. The van der Waals surface area contributed by atoms with E-state index in [1.54, 1.807) is 18.5 Å². The van der Waals surface area contributed by atoms with Crippen LogP contribution >= 0.6 is 0 Å². The zero-order valence-corrected chi connectivity index (χ0v) is 17.5. The van der Waals surface area contributed by atoms with Crippen LogP contribution in [0.5, 0.6) is 0 Å². The number of anilines is 1. The zero-order valence-electron chi connectivity index (χ0n) is 17.5. The van der Waals surface area contributed by atoms with Crippen molar-refractivity contribution < 1.29 is 8.81 Å². The van der Waals surface area contributed by atoms with Gasteiger partial charge < -0.3 is 14.3 Å². The standard InChI is InChI=1S/C23H19FN8O/c24-21-15(3-1-8-25-21)22-28-29-23(33-22)31-10-7-16-19(27-12-26-16)20(31)17-11-18-14(13-5-6-13)4-2-9-32(18)30-17/h1-4,8-9,11-13,20H,5-7,10H2,(H,26,27). The number of hydrogen-bond donors (Lipinski definition) is 1. The van der Waals surface area contributed by atoms with E-state index in [4.69, 9.17) is 9.52 Å². The first kappa shape index (κ1) is 18.5. The number of aromatic amines is 1. The highest BCUT2D eigenvalue weighted by atomic mass is 19.1. The van der Waals surface area contributed by atoms with Crippen molar-refractivity contribution in [3.05, 3.63) is 77.6 Å². The van der Waals surface area contributed by atoms with Crippen LogP contribution in [0.15, 0.2) is 53.5 Å². The van der Waals surface area contributed by atoms with Crippen LogP contribution in [-0.4, -0.2) is 41.3 Å². The molecule has 0 saturated heterocycles. The third kappa shape index (κ3) is 2.94. The van der Waals surface area contributed by atoms with Gasteiger partial charge in [-0.05, 0) is 48.6 Å². The fourth-order valence-electron chi connectivity index (χ4n) is 4.70. The summed E-state index contributed by atoms with van der Waals surface area (Å²) in [6.07, 6.45) is 8.24. The lowest BCUT2D eigenvalue weighted by Gasteiger charge is -2.32. The van der Waals surface area contributed by atoms with Crippen LogP contribution in [0.2, 0.25) is 0 Å². The Labute approximate surface area is 187 Å². The van der Waals surface area contributed by atoms with Crippen LogP contribution in [0.25, 0.3) is 17.0 Å². The highest BCUT2D eigenvalue weighted by molar-refractivity contribution is 5.60. The van der Waals surface area contributed by atoms with E-state index < -0.39 is 5.95 Å². The van der Waals surface area contributed by atoms with Gasteiger partial charge in [0.15, 0.2) is 0 Å². The number of fused-ring (bicyclic) bond motifs is 2. The van der Waals surface area contributed by atoms with Crippen LogP contribution in [0, 0.1) is 5.95 Å². The molecule has 9 nitrogen and oxygen atoms in total. The average Bonchev–Trinajstić information content (AvgIpc) is 3.22. The second kappa shape index (κ2) is 6.96. The van der Waals surface area contributed by atoms with Crippen molar-refractivity contribution in [2.75, 3.05) is 11.4 Å². The van der Waals surface area contributed by atoms with Gasteiger partial charge in [-0.1, -0.05) is 11.2 Å². The number of nitrogens with zero attached hydrogens (tertiary/aromatic N) is 7. The third-order valence-electron chi connectivity index (χ3n) is 6.43. The molecule has 0 aromatic carbocycles. The molecule has 1 aliphatic heterocycles. The summed E-state index contributed by atoms with van der Waals surface area (Å²) in [7, 11) is 0. The van der Waals surface area contributed by atoms with Crippen LogP contribution in [-0.2, 0) is 6.42 Å². The summed E-state index contributed by atoms with van der Waals surface area (Å²) >= 11 is 0. The van der Waals surface area contributed by atoms with E-state index in [1.807, 2.05) is 21.7 Å². The molecule has 2 aliphatic rings. The summed E-state index contributed by atoms with van der Waals surface area (Å²) in [5, 5.41) is 13.2. The Bertz CT molecular complexity index is 1480. The van der Waals surface area contributed by atoms with Crippen molar-refractivity contribution in [1.82, 2.24) is 34.8 Å². The molecule has 1 saturated carbocycles. The number of H-pyrrole nitrogens is 1. The second-order valence-corrected chi connectivity index (χ2v) is 8.48. The molecule has 0 bridgehead atoms. The topological polar surface area (TPSA) is 101 Å². The van der Waals surface area contributed by atoms with Gasteiger partial charge in [-0.2, -0.15) is 9.49 Å². The quantitative estimate of drug-likeness (QED) is 0.424. The molecule has 0 amide bonds. The van der Waals surface area contributed by atoms with Gasteiger partial charge in [0.1, 0.15) is 6.04 Å². The van der Waals surface area contributed by atoms with Gasteiger partial charge in [-0.25, -0.2) is 14.5 Å². The predicted octanol–water partition coefficient (Wildman–Crippen LogP) is 3.67. The molecule has 164 valence electrons. The number of imidazole rings is 1. The second-order valence-electron chi connectivity index (χ2n) is 8.48. The lowest BCUT2D eigenvalue weighted by Crippen LogP contribution is -2.36. The molecule has 1 aliphatic carbocycles. The van der Waals surface area contributed by atoms with Gasteiger partial charge in [-0.3, -0.25) is 0 Å². The van der Waals surface area contributed by atoms with Crippen LogP contribution < -0.4 is 4.90 Å². The Morgan fingerprint density at radius 3 is 2.94 bits per heavy atom. The first-order valence-electron chi connectivity index (χ1n) is 11.0. The normalized spacial score (nSPS) is 18.1. The molecule has 10 heteroatoms. The predicted molar refractivity (Wildman–Crippen MR) is 116 cm³/mol. The Kier molecular flexibility index (Phi) is 3.90. The van der Waals surface area contributed by atoms with E-state index in [-0.39, 0.29) is 17.5 Å². The van der Waals surface area contributed by atoms with Crippen molar-refractivity contribution in [2.24, 2.45) is 0 Å². The van der Waals surface area contributed by atoms with Crippen molar-refractivity contribution in [3.8, 4) is 11.5 Å². The smallest absolute Gasteiger partial charge is 0.319 e. The van der Waals surface area contributed by atoms with Crippen LogP contribution in [0.4, 0.5) is 10.4 Å². The van der Waals surface area contributed by atoms with Gasteiger partial charge in [0.2, 0.25) is 5.95 Å². The molecule has 1 unspecified atom stereocenters. The summed E-state index contributed by atoms with van der Waals surface area (Å²) in [4.78, 5) is 13.5. The molecule has 6 heterocycles. The summed E-state index contributed by atoms with van der Waals surface area (Å²) in [5.41, 5.74) is 5.41. The Hall–Kier alpha value is -4.08. The molecule has 1 N–H and O–H groups in total. The molecule has 7 rings (SSSR count). The van der Waals surface area contributed by atoms with Gasteiger partial charge >= 0.3 is 6.01 Å². The van der Waals surface area contributed by atoms with E-state index in [0.29, 0.717) is 18.5 Å². The SMILES string of the molecule is Fc1ncccc1-c1nnc(N2CCc3[nH]cnc3C2c2cc3c(C4CC4)cccn3n2)o1. The maximum absolute atomic E-state index is 14.2. The Morgan fingerprint density at radius 2 is 2.06 bits per heavy atom. The van der Waals surface area contributed by atoms with Crippen molar-refractivity contribution in [2.45, 2.75) is 31.2 Å². The van der Waals surface area contributed by atoms with E-state index in [0.717, 1.165) is 29.0 Å². The molecule has 0 radical (unpaired) electrons. The maximum Gasteiger partial charge on any atom is 0.319 e. The molecule has 5 aromatic rings. The zero-order chi connectivity index (χ0) is 21.9. The molecule has 33 heavy (non-hydrogen) atoms. The Morgan fingerprint density at radius 1 is 1.12 bits per heavy atom. The van der Waals surface area contributed by atoms with Gasteiger partial charge in [0.05, 0.1) is 28.8 Å². The largest absolute Gasteiger partial charge is 0.403 e. The number of aromatic nitrogens is 7. The molecular weight excluding hydrogens is 423 g/mol. The summed E-state index contributed by atoms with van der Waals surface area (Å²) < 4.78 is 22.0. The van der Waals surface area contributed by atoms with Gasteiger partial charge in [0.25, 0.3) is 5.89 Å². The number of pyridine rings is 2. The lowest BCUT2D eigenvalue weighted by molar-refractivity contribution is 0.499. The van der Waals surface area contributed by atoms with Crippen LogP contribution in [0.1, 0.15) is 47.4 Å². The number of hydrogen-bond acceptors (Lipinski definition) is 7. The van der Waals surface area contributed by atoms with Gasteiger partial charge in [-0.15, -0.1) is 5.10 Å². The van der Waals surface area contributed by atoms with E-state index in [1.165, 1.54) is 24.6 Å². The molecule has 1 atom stereocenters. The molecule has 1 fully saturated rings. The lowest BCUT2D eigenvalue weighted by atomic mass is 10.00. The van der Waals surface area contributed by atoms with Gasteiger partial charge in [0, 0.05) is 31.1 Å². The van der Waals surface area contributed by atoms with Crippen molar-refractivity contribution in [1.29, 1.82) is 0 Å². The number of rotatable bonds is 4. The Balaban J connectivity index is 1.34. The molecular formula is C23H19FN8O. The summed E-state index contributed by atoms with van der Waals surface area (Å²) in [6, 6.07) is 9.56. The average molecular weight is 442 g/mol. The molecule has 5 aromatic heterocycles. The minimum atomic E-state index is -0.648. The van der Waals surface area contributed by atoms with Crippen LogP contribution in [0.3, 0.4) is 0 Å². The number of halogens is 1. The highest BCUT2D eigenvalue weighted by Gasteiger charge is 2.36. The first-order valence-corrected chi connectivity index (χ1v) is 11.0.